The molecule has 0 saturated carbocycles. The number of likely N-dealkylation sites (N-methyl/N-ethyl adjacent to an activating group) is 1. The van der Waals surface area contributed by atoms with E-state index in [-0.39, 0.29) is 0 Å². The van der Waals surface area contributed by atoms with E-state index in [2.05, 4.69) is 71.1 Å². The van der Waals surface area contributed by atoms with Gasteiger partial charge in [-0.25, -0.2) is 4.98 Å². The van der Waals surface area contributed by atoms with Crippen LogP contribution in [0.15, 0.2) is 60.8 Å². The molecule has 1 aliphatic heterocycles. The molecule has 3 heterocycles. The van der Waals surface area contributed by atoms with Crippen LogP contribution in [0.1, 0.15) is 10.6 Å². The van der Waals surface area contributed by atoms with E-state index in [0.717, 1.165) is 30.2 Å². The highest BCUT2D eigenvalue weighted by molar-refractivity contribution is 7.17. The van der Waals surface area contributed by atoms with Crippen molar-refractivity contribution in [3.05, 3.63) is 71.4 Å². The molecule has 124 valence electrons. The summed E-state index contributed by atoms with van der Waals surface area (Å²) in [7, 11) is 2.19. The Labute approximate surface area is 151 Å². The summed E-state index contributed by atoms with van der Waals surface area (Å²) in [6.45, 7) is 2.17. The minimum absolute atomic E-state index is 1.05. The predicted molar refractivity (Wildman–Crippen MR) is 104 cm³/mol. The number of aromatic nitrogens is 2. The zero-order valence-corrected chi connectivity index (χ0v) is 15.0. The first-order valence-electron chi connectivity index (χ1n) is 8.62. The summed E-state index contributed by atoms with van der Waals surface area (Å²) >= 11 is 1.83. The summed E-state index contributed by atoms with van der Waals surface area (Å²) in [5.41, 5.74) is 6.17. The third-order valence-electron chi connectivity index (χ3n) is 4.93. The molecule has 0 N–H and O–H groups in total. The van der Waals surface area contributed by atoms with Gasteiger partial charge in [0.2, 0.25) is 0 Å². The Morgan fingerprint density at radius 1 is 0.920 bits per heavy atom. The van der Waals surface area contributed by atoms with Gasteiger partial charge in [-0.2, -0.15) is 0 Å². The van der Waals surface area contributed by atoms with Crippen LogP contribution < -0.4 is 0 Å². The topological polar surface area (TPSA) is 20.5 Å². The zero-order valence-electron chi connectivity index (χ0n) is 14.1. The molecule has 0 amide bonds. The van der Waals surface area contributed by atoms with Crippen molar-refractivity contribution in [1.82, 2.24) is 14.3 Å². The van der Waals surface area contributed by atoms with Crippen molar-refractivity contribution in [3.63, 3.8) is 0 Å². The Hall–Kier alpha value is -2.43. The van der Waals surface area contributed by atoms with Crippen LogP contribution in [0, 0.1) is 0 Å². The smallest absolute Gasteiger partial charge is 0.194 e. The molecule has 1 aliphatic rings. The number of thiazole rings is 1. The van der Waals surface area contributed by atoms with E-state index >= 15 is 0 Å². The number of nitrogens with zero attached hydrogens (tertiary/aromatic N) is 3. The maximum atomic E-state index is 4.88. The van der Waals surface area contributed by atoms with Gasteiger partial charge in [0.25, 0.3) is 0 Å². The molecule has 2 aromatic heterocycles. The van der Waals surface area contributed by atoms with E-state index in [1.165, 1.54) is 27.3 Å². The SMILES string of the molecule is CN1CCc2c(sc3nc(-c4ccc(-c5ccccc5)cc4)cn23)C1. The van der Waals surface area contributed by atoms with E-state index in [9.17, 15) is 0 Å². The van der Waals surface area contributed by atoms with E-state index in [0.29, 0.717) is 0 Å². The maximum Gasteiger partial charge on any atom is 0.194 e. The number of benzene rings is 2. The summed E-state index contributed by atoms with van der Waals surface area (Å²) in [6, 6.07) is 19.2. The van der Waals surface area contributed by atoms with E-state index in [4.69, 9.17) is 4.98 Å². The lowest BCUT2D eigenvalue weighted by molar-refractivity contribution is 0.314. The quantitative estimate of drug-likeness (QED) is 0.524. The third kappa shape index (κ3) is 2.58. The molecule has 0 atom stereocenters. The summed E-state index contributed by atoms with van der Waals surface area (Å²) < 4.78 is 2.30. The average molecular weight is 345 g/mol. The van der Waals surface area contributed by atoms with Crippen molar-refractivity contribution in [2.24, 2.45) is 0 Å². The Bertz CT molecular complexity index is 1030. The van der Waals surface area contributed by atoms with Crippen molar-refractivity contribution < 1.29 is 0 Å². The second-order valence-corrected chi connectivity index (χ2v) is 7.74. The van der Waals surface area contributed by atoms with Gasteiger partial charge >= 0.3 is 0 Å². The first-order valence-corrected chi connectivity index (χ1v) is 9.43. The van der Waals surface area contributed by atoms with Gasteiger partial charge < -0.3 is 4.90 Å². The lowest BCUT2D eigenvalue weighted by atomic mass is 10.0. The molecule has 0 bridgehead atoms. The predicted octanol–water partition coefficient (Wildman–Crippen LogP) is 4.72. The van der Waals surface area contributed by atoms with E-state index in [1.807, 2.05) is 17.4 Å². The highest BCUT2D eigenvalue weighted by Crippen LogP contribution is 2.31. The first kappa shape index (κ1) is 14.9. The molecule has 2 aromatic carbocycles. The standard InChI is InChI=1S/C21H19N3S/c1-23-12-11-19-20(14-23)25-21-22-18(13-24(19)21)17-9-7-16(8-10-17)15-5-3-2-4-6-15/h2-10,13H,11-12,14H2,1H3. The molecule has 0 aliphatic carbocycles. The normalized spacial score (nSPS) is 14.8. The number of hydrogen-bond acceptors (Lipinski definition) is 3. The lowest BCUT2D eigenvalue weighted by Crippen LogP contribution is -2.26. The van der Waals surface area contributed by atoms with Crippen LogP contribution in [0.3, 0.4) is 0 Å². The van der Waals surface area contributed by atoms with Gasteiger partial charge in [-0.05, 0) is 18.2 Å². The zero-order chi connectivity index (χ0) is 16.8. The Balaban J connectivity index is 1.50. The monoisotopic (exact) mass is 345 g/mol. The van der Waals surface area contributed by atoms with Crippen LogP contribution in [0.25, 0.3) is 27.3 Å². The molecule has 0 fully saturated rings. The van der Waals surface area contributed by atoms with Gasteiger partial charge in [-0.3, -0.25) is 4.40 Å². The molecule has 0 spiro atoms. The molecule has 25 heavy (non-hydrogen) atoms. The Morgan fingerprint density at radius 3 is 2.44 bits per heavy atom. The van der Waals surface area contributed by atoms with Crippen LogP contribution in [-0.4, -0.2) is 27.9 Å². The molecule has 3 nitrogen and oxygen atoms in total. The molecule has 0 saturated heterocycles. The van der Waals surface area contributed by atoms with Crippen LogP contribution in [0.5, 0.6) is 0 Å². The lowest BCUT2D eigenvalue weighted by Gasteiger charge is -2.21. The molecule has 4 heteroatoms. The Kier molecular flexibility index (Phi) is 3.47. The van der Waals surface area contributed by atoms with Crippen molar-refractivity contribution in [3.8, 4) is 22.4 Å². The highest BCUT2D eigenvalue weighted by atomic mass is 32.1. The fourth-order valence-corrected chi connectivity index (χ4v) is 4.77. The maximum absolute atomic E-state index is 4.88. The summed E-state index contributed by atoms with van der Waals surface area (Å²) in [5, 5.41) is 0. The van der Waals surface area contributed by atoms with Gasteiger partial charge in [0.15, 0.2) is 4.96 Å². The van der Waals surface area contributed by atoms with Crippen LogP contribution in [-0.2, 0) is 13.0 Å². The van der Waals surface area contributed by atoms with Crippen LogP contribution >= 0.6 is 11.3 Å². The van der Waals surface area contributed by atoms with Crippen molar-refractivity contribution in [2.75, 3.05) is 13.6 Å². The van der Waals surface area contributed by atoms with Crippen LogP contribution in [0.2, 0.25) is 0 Å². The number of fused-ring (bicyclic) bond motifs is 3. The van der Waals surface area contributed by atoms with Crippen LogP contribution in [0.4, 0.5) is 0 Å². The minimum Gasteiger partial charge on any atom is -0.301 e. The minimum atomic E-state index is 1.05. The number of imidazole rings is 1. The average Bonchev–Trinajstić information content (AvgIpc) is 3.20. The van der Waals surface area contributed by atoms with Gasteiger partial charge in [0.1, 0.15) is 0 Å². The second-order valence-electron chi connectivity index (χ2n) is 6.68. The fraction of sp³-hybridized carbons (Fsp3) is 0.190. The third-order valence-corrected chi connectivity index (χ3v) is 6.01. The van der Waals surface area contributed by atoms with E-state index < -0.39 is 0 Å². The summed E-state index contributed by atoms with van der Waals surface area (Å²) in [4.78, 5) is 9.83. The highest BCUT2D eigenvalue weighted by Gasteiger charge is 2.20. The van der Waals surface area contributed by atoms with Crippen molar-refractivity contribution in [2.45, 2.75) is 13.0 Å². The molecule has 4 aromatic rings. The first-order chi connectivity index (χ1) is 12.3. The summed E-state index contributed by atoms with van der Waals surface area (Å²) in [5.74, 6) is 0. The van der Waals surface area contributed by atoms with Gasteiger partial charge in [0.05, 0.1) is 5.69 Å². The molecular weight excluding hydrogens is 326 g/mol. The number of hydrogen-bond donors (Lipinski definition) is 0. The van der Waals surface area contributed by atoms with Gasteiger partial charge in [-0.1, -0.05) is 65.9 Å². The van der Waals surface area contributed by atoms with Gasteiger partial charge in [0, 0.05) is 41.8 Å². The van der Waals surface area contributed by atoms with Gasteiger partial charge in [-0.15, -0.1) is 0 Å². The largest absolute Gasteiger partial charge is 0.301 e. The molecular formula is C21H19N3S. The molecule has 0 radical (unpaired) electrons. The number of rotatable bonds is 2. The second kappa shape index (κ2) is 5.83. The summed E-state index contributed by atoms with van der Waals surface area (Å²) in [6.07, 6.45) is 3.31. The Morgan fingerprint density at radius 2 is 1.64 bits per heavy atom. The molecule has 5 rings (SSSR count). The molecule has 0 unspecified atom stereocenters. The van der Waals surface area contributed by atoms with E-state index in [1.54, 1.807) is 0 Å². The fourth-order valence-electron chi connectivity index (χ4n) is 3.54. The van der Waals surface area contributed by atoms with Crippen molar-refractivity contribution >= 4 is 16.3 Å². The van der Waals surface area contributed by atoms with Crippen molar-refractivity contribution in [1.29, 1.82) is 0 Å².